The van der Waals surface area contributed by atoms with E-state index in [-0.39, 0.29) is 0 Å². The first kappa shape index (κ1) is 20.6. The topological polar surface area (TPSA) is 92.9 Å². The molecule has 0 bridgehead atoms. The summed E-state index contributed by atoms with van der Waals surface area (Å²) in [6, 6.07) is 29.1. The number of benzene rings is 3. The van der Waals surface area contributed by atoms with E-state index in [2.05, 4.69) is 15.8 Å². The molecule has 0 radical (unpaired) electrons. The van der Waals surface area contributed by atoms with Crippen LogP contribution in [0, 0.1) is 0 Å². The lowest BCUT2D eigenvalue weighted by Gasteiger charge is -2.07. The third-order valence-electron chi connectivity index (χ3n) is 4.34. The van der Waals surface area contributed by atoms with Gasteiger partial charge in [-0.25, -0.2) is 5.43 Å². The summed E-state index contributed by atoms with van der Waals surface area (Å²) in [5.41, 5.74) is 3.56. The summed E-state index contributed by atoms with van der Waals surface area (Å²) in [7, 11) is 0. The number of anilines is 1. The van der Waals surface area contributed by atoms with E-state index in [4.69, 9.17) is 9.15 Å². The third kappa shape index (κ3) is 5.48. The summed E-state index contributed by atoms with van der Waals surface area (Å²) in [6.07, 6.45) is 1.33. The number of hydrogen-bond acceptors (Lipinski definition) is 5. The summed E-state index contributed by atoms with van der Waals surface area (Å²) in [6.45, 7) is 0. The van der Waals surface area contributed by atoms with Gasteiger partial charge in [-0.1, -0.05) is 48.5 Å². The maximum atomic E-state index is 12.1. The van der Waals surface area contributed by atoms with E-state index in [1.165, 1.54) is 6.21 Å². The lowest BCUT2D eigenvalue weighted by Crippen LogP contribution is -2.32. The van der Waals surface area contributed by atoms with Gasteiger partial charge in [0.1, 0.15) is 23.0 Å². The number of furan rings is 1. The van der Waals surface area contributed by atoms with E-state index >= 15 is 0 Å². The number of carbonyl (C=O) groups excluding carboxylic acids is 2. The minimum atomic E-state index is -0.902. The SMILES string of the molecule is O=C(N/N=C\c1ccc(-c2ccccc2)o1)C(=O)Nc1ccc(Oc2ccccc2)cc1. The Balaban J connectivity index is 1.28. The van der Waals surface area contributed by atoms with Crippen molar-refractivity contribution in [3.05, 3.63) is 103 Å². The number of amides is 2. The molecule has 0 unspecified atom stereocenters. The first-order chi connectivity index (χ1) is 15.7. The molecule has 0 spiro atoms. The van der Waals surface area contributed by atoms with Crippen molar-refractivity contribution < 1.29 is 18.7 Å². The maximum Gasteiger partial charge on any atom is 0.329 e. The predicted molar refractivity (Wildman–Crippen MR) is 121 cm³/mol. The highest BCUT2D eigenvalue weighted by molar-refractivity contribution is 6.39. The molecule has 1 aromatic heterocycles. The predicted octanol–water partition coefficient (Wildman–Crippen LogP) is 4.83. The highest BCUT2D eigenvalue weighted by Gasteiger charge is 2.13. The molecule has 2 N–H and O–H groups in total. The van der Waals surface area contributed by atoms with Crippen molar-refractivity contribution in [1.82, 2.24) is 5.43 Å². The Hall–Kier alpha value is -4.65. The standard InChI is InChI=1S/C25H19N3O4/c29-24(27-19-11-13-21(14-12-19)31-20-9-5-2-6-10-20)25(30)28-26-17-22-15-16-23(32-22)18-7-3-1-4-8-18/h1-17H,(H,27,29)(H,28,30)/b26-17-. The van der Waals surface area contributed by atoms with Gasteiger partial charge in [0.25, 0.3) is 0 Å². The molecule has 4 aromatic rings. The summed E-state index contributed by atoms with van der Waals surface area (Å²) in [5, 5.41) is 6.28. The minimum Gasteiger partial charge on any atom is -0.457 e. The van der Waals surface area contributed by atoms with Crippen LogP contribution in [0.25, 0.3) is 11.3 Å². The molecule has 0 aliphatic rings. The van der Waals surface area contributed by atoms with Gasteiger partial charge in [-0.3, -0.25) is 9.59 Å². The maximum absolute atomic E-state index is 12.1. The summed E-state index contributed by atoms with van der Waals surface area (Å²) in [5.74, 6) is 0.684. The van der Waals surface area contributed by atoms with E-state index in [1.54, 1.807) is 36.4 Å². The molecule has 7 heteroatoms. The fourth-order valence-corrected chi connectivity index (χ4v) is 2.80. The third-order valence-corrected chi connectivity index (χ3v) is 4.34. The zero-order valence-corrected chi connectivity index (χ0v) is 16.9. The molecule has 0 saturated heterocycles. The molecule has 7 nitrogen and oxygen atoms in total. The van der Waals surface area contributed by atoms with Gasteiger partial charge in [-0.15, -0.1) is 0 Å². The Labute approximate surface area is 184 Å². The molecule has 4 rings (SSSR count). The molecule has 0 atom stereocenters. The van der Waals surface area contributed by atoms with Crippen LogP contribution < -0.4 is 15.5 Å². The molecule has 32 heavy (non-hydrogen) atoms. The van der Waals surface area contributed by atoms with Crippen molar-refractivity contribution >= 4 is 23.7 Å². The van der Waals surface area contributed by atoms with Gasteiger partial charge < -0.3 is 14.5 Å². The number of nitrogens with zero attached hydrogens (tertiary/aromatic N) is 1. The minimum absolute atomic E-state index is 0.443. The fraction of sp³-hybridized carbons (Fsp3) is 0. The molecule has 3 aromatic carbocycles. The van der Waals surface area contributed by atoms with E-state index in [0.29, 0.717) is 28.7 Å². The second kappa shape index (κ2) is 9.90. The summed E-state index contributed by atoms with van der Waals surface area (Å²) < 4.78 is 11.3. The first-order valence-corrected chi connectivity index (χ1v) is 9.80. The van der Waals surface area contributed by atoms with Crippen LogP contribution >= 0.6 is 0 Å². The van der Waals surface area contributed by atoms with E-state index in [9.17, 15) is 9.59 Å². The number of hydrogen-bond donors (Lipinski definition) is 2. The number of ether oxygens (including phenoxy) is 1. The van der Waals surface area contributed by atoms with Crippen LogP contribution in [-0.2, 0) is 9.59 Å². The molecular formula is C25H19N3O4. The largest absolute Gasteiger partial charge is 0.457 e. The Kier molecular flexibility index (Phi) is 6.38. The van der Waals surface area contributed by atoms with Crippen LogP contribution in [0.1, 0.15) is 5.76 Å². The van der Waals surface area contributed by atoms with E-state index < -0.39 is 11.8 Å². The van der Waals surface area contributed by atoms with Crippen LogP contribution in [-0.4, -0.2) is 18.0 Å². The van der Waals surface area contributed by atoms with Crippen molar-refractivity contribution in [2.45, 2.75) is 0 Å². The van der Waals surface area contributed by atoms with Crippen LogP contribution in [0.5, 0.6) is 11.5 Å². The lowest BCUT2D eigenvalue weighted by atomic mass is 10.2. The highest BCUT2D eigenvalue weighted by atomic mass is 16.5. The number of nitrogens with one attached hydrogen (secondary N) is 2. The van der Waals surface area contributed by atoms with Gasteiger partial charge in [0.05, 0.1) is 6.21 Å². The summed E-state index contributed by atoms with van der Waals surface area (Å²) in [4.78, 5) is 24.0. The quantitative estimate of drug-likeness (QED) is 0.263. The Morgan fingerprint density at radius 1 is 0.750 bits per heavy atom. The van der Waals surface area contributed by atoms with Crippen molar-refractivity contribution in [2.24, 2.45) is 5.10 Å². The second-order valence-corrected chi connectivity index (χ2v) is 6.66. The van der Waals surface area contributed by atoms with E-state index in [0.717, 1.165) is 5.56 Å². The van der Waals surface area contributed by atoms with Gasteiger partial charge in [-0.2, -0.15) is 5.10 Å². The van der Waals surface area contributed by atoms with Gasteiger partial charge in [0, 0.05) is 11.3 Å². The Morgan fingerprint density at radius 3 is 2.12 bits per heavy atom. The van der Waals surface area contributed by atoms with Gasteiger partial charge in [0.2, 0.25) is 0 Å². The summed E-state index contributed by atoms with van der Waals surface area (Å²) >= 11 is 0. The molecule has 0 aliphatic heterocycles. The van der Waals surface area contributed by atoms with Crippen LogP contribution in [0.4, 0.5) is 5.69 Å². The van der Waals surface area contributed by atoms with Gasteiger partial charge >= 0.3 is 11.8 Å². The van der Waals surface area contributed by atoms with E-state index in [1.807, 2.05) is 60.7 Å². The normalized spacial score (nSPS) is 10.6. The number of para-hydroxylation sites is 1. The average molecular weight is 425 g/mol. The Morgan fingerprint density at radius 2 is 1.41 bits per heavy atom. The fourth-order valence-electron chi connectivity index (χ4n) is 2.80. The molecule has 158 valence electrons. The molecule has 2 amide bonds. The van der Waals surface area contributed by atoms with Gasteiger partial charge in [0.15, 0.2) is 0 Å². The van der Waals surface area contributed by atoms with Gasteiger partial charge in [-0.05, 0) is 48.5 Å². The van der Waals surface area contributed by atoms with Crippen LogP contribution in [0.15, 0.2) is 107 Å². The molecule has 0 aliphatic carbocycles. The average Bonchev–Trinajstić information content (AvgIpc) is 3.30. The zero-order valence-electron chi connectivity index (χ0n) is 16.9. The number of rotatable bonds is 6. The second-order valence-electron chi connectivity index (χ2n) is 6.66. The molecule has 1 heterocycles. The molecule has 0 saturated carbocycles. The number of hydrazone groups is 1. The molecular weight excluding hydrogens is 406 g/mol. The smallest absolute Gasteiger partial charge is 0.329 e. The highest BCUT2D eigenvalue weighted by Crippen LogP contribution is 2.23. The first-order valence-electron chi connectivity index (χ1n) is 9.80. The van der Waals surface area contributed by atoms with Crippen molar-refractivity contribution in [2.75, 3.05) is 5.32 Å². The van der Waals surface area contributed by atoms with Crippen LogP contribution in [0.2, 0.25) is 0 Å². The lowest BCUT2D eigenvalue weighted by molar-refractivity contribution is -0.136. The molecule has 0 fully saturated rings. The monoisotopic (exact) mass is 425 g/mol. The Bertz CT molecular complexity index is 1220. The zero-order chi connectivity index (χ0) is 22.2. The number of carbonyl (C=O) groups is 2. The van der Waals surface area contributed by atoms with Crippen LogP contribution in [0.3, 0.4) is 0 Å². The van der Waals surface area contributed by atoms with Crippen molar-refractivity contribution in [3.63, 3.8) is 0 Å². The van der Waals surface area contributed by atoms with Crippen molar-refractivity contribution in [3.8, 4) is 22.8 Å². The van der Waals surface area contributed by atoms with Crippen molar-refractivity contribution in [1.29, 1.82) is 0 Å².